The second-order valence-corrected chi connectivity index (χ2v) is 7.73. The van der Waals surface area contributed by atoms with Crippen LogP contribution >= 0.6 is 0 Å². The number of carbonyl (C=O) groups excluding carboxylic acids is 1. The lowest BCUT2D eigenvalue weighted by molar-refractivity contribution is 0.102. The molecule has 0 atom stereocenters. The molecule has 9 nitrogen and oxygen atoms in total. The van der Waals surface area contributed by atoms with Crippen LogP contribution in [0.3, 0.4) is 0 Å². The summed E-state index contributed by atoms with van der Waals surface area (Å²) in [5, 5.41) is 27.5. The number of aliphatic imine (C=N–C) groups is 1. The molecule has 0 aliphatic rings. The number of aromatic hydroxyl groups is 1. The summed E-state index contributed by atoms with van der Waals surface area (Å²) in [5.41, 5.74) is 5.40. The van der Waals surface area contributed by atoms with Crippen molar-refractivity contribution in [3.63, 3.8) is 0 Å². The van der Waals surface area contributed by atoms with Crippen molar-refractivity contribution in [2.24, 2.45) is 4.99 Å². The average Bonchev–Trinajstić information content (AvgIpc) is 3.53. The van der Waals surface area contributed by atoms with Gasteiger partial charge in [-0.25, -0.2) is 4.99 Å². The Morgan fingerprint density at radius 2 is 2.00 bits per heavy atom. The maximum absolute atomic E-state index is 12.4. The third-order valence-corrected chi connectivity index (χ3v) is 5.23. The molecule has 9 heteroatoms. The number of aromatic nitrogens is 5. The van der Waals surface area contributed by atoms with Crippen LogP contribution < -0.4 is 5.32 Å². The molecule has 3 heterocycles. The Labute approximate surface area is 188 Å². The number of hydrogen-bond acceptors (Lipinski definition) is 5. The van der Waals surface area contributed by atoms with Crippen LogP contribution in [0.5, 0.6) is 5.88 Å². The third kappa shape index (κ3) is 4.38. The second-order valence-electron chi connectivity index (χ2n) is 7.73. The van der Waals surface area contributed by atoms with Gasteiger partial charge in [-0.1, -0.05) is 18.2 Å². The second kappa shape index (κ2) is 8.46. The lowest BCUT2D eigenvalue weighted by Crippen LogP contribution is -2.12. The van der Waals surface area contributed by atoms with E-state index in [0.29, 0.717) is 29.2 Å². The predicted molar refractivity (Wildman–Crippen MR) is 126 cm³/mol. The maximum Gasteiger partial charge on any atom is 0.276 e. The molecule has 0 bridgehead atoms. The lowest BCUT2D eigenvalue weighted by Gasteiger charge is -2.07. The van der Waals surface area contributed by atoms with Gasteiger partial charge in [0.1, 0.15) is 5.82 Å². The molecular weight excluding hydrogens is 418 g/mol. The van der Waals surface area contributed by atoms with Gasteiger partial charge >= 0.3 is 0 Å². The number of carbonyl (C=O) groups is 1. The Morgan fingerprint density at radius 1 is 1.12 bits per heavy atom. The van der Waals surface area contributed by atoms with Gasteiger partial charge in [0.25, 0.3) is 5.91 Å². The lowest BCUT2D eigenvalue weighted by atomic mass is 10.0. The molecule has 3 aromatic heterocycles. The van der Waals surface area contributed by atoms with Gasteiger partial charge in [0.05, 0.1) is 11.8 Å². The standard InChI is InChI=1S/C24H21N7O2/c1-14-9-21(30-29-14)24(33)27-17-4-2-3-15(11-17)10-16-5-6-20-18(12-16)19(23(32)28-20)13-25-22-7-8-26-31-22/h2-9,11-13,28,32H,10H2,1H3,(H,26,31)(H,27,33)(H,29,30). The molecule has 0 aliphatic heterocycles. The number of hydrogen-bond donors (Lipinski definition) is 5. The summed E-state index contributed by atoms with van der Waals surface area (Å²) in [6.45, 7) is 1.85. The normalized spacial score (nSPS) is 11.4. The van der Waals surface area contributed by atoms with Crippen molar-refractivity contribution >= 4 is 34.5 Å². The number of aryl methyl sites for hydroxylation is 1. The van der Waals surface area contributed by atoms with Crippen LogP contribution in [0.15, 0.2) is 65.8 Å². The van der Waals surface area contributed by atoms with Gasteiger partial charge in [0.15, 0.2) is 11.6 Å². The third-order valence-electron chi connectivity index (χ3n) is 5.23. The number of aromatic amines is 3. The predicted octanol–water partition coefficient (Wildman–Crippen LogP) is 4.22. The summed E-state index contributed by atoms with van der Waals surface area (Å²) >= 11 is 0. The van der Waals surface area contributed by atoms with E-state index in [1.807, 2.05) is 49.4 Å². The quantitative estimate of drug-likeness (QED) is 0.253. The van der Waals surface area contributed by atoms with E-state index in [2.05, 4.69) is 35.7 Å². The zero-order valence-electron chi connectivity index (χ0n) is 17.8. The van der Waals surface area contributed by atoms with Crippen LogP contribution in [0.25, 0.3) is 10.9 Å². The first-order valence-corrected chi connectivity index (χ1v) is 10.3. The molecular formula is C24H21N7O2. The van der Waals surface area contributed by atoms with Gasteiger partial charge in [0.2, 0.25) is 0 Å². The zero-order chi connectivity index (χ0) is 22.8. The molecule has 1 amide bonds. The van der Waals surface area contributed by atoms with Crippen molar-refractivity contribution in [1.82, 2.24) is 25.4 Å². The van der Waals surface area contributed by atoms with E-state index >= 15 is 0 Å². The highest BCUT2D eigenvalue weighted by molar-refractivity contribution is 6.03. The molecule has 5 aromatic rings. The van der Waals surface area contributed by atoms with Crippen molar-refractivity contribution in [2.75, 3.05) is 5.32 Å². The topological polar surface area (TPSA) is 135 Å². The number of H-pyrrole nitrogens is 3. The summed E-state index contributed by atoms with van der Waals surface area (Å²) in [6, 6.07) is 17.1. The Bertz CT molecular complexity index is 1460. The summed E-state index contributed by atoms with van der Waals surface area (Å²) in [6.07, 6.45) is 3.88. The molecule has 0 unspecified atom stereocenters. The monoisotopic (exact) mass is 439 g/mol. The maximum atomic E-state index is 12.4. The molecule has 0 saturated heterocycles. The van der Waals surface area contributed by atoms with E-state index in [-0.39, 0.29) is 11.8 Å². The number of fused-ring (bicyclic) bond motifs is 1. The largest absolute Gasteiger partial charge is 0.494 e. The number of nitrogens with one attached hydrogen (secondary N) is 4. The number of nitrogens with zero attached hydrogens (tertiary/aromatic N) is 3. The zero-order valence-corrected chi connectivity index (χ0v) is 17.8. The van der Waals surface area contributed by atoms with Gasteiger partial charge < -0.3 is 15.4 Å². The van der Waals surface area contributed by atoms with Gasteiger partial charge in [-0.15, -0.1) is 0 Å². The minimum atomic E-state index is -0.262. The molecule has 164 valence electrons. The first-order chi connectivity index (χ1) is 16.0. The smallest absolute Gasteiger partial charge is 0.276 e. The van der Waals surface area contributed by atoms with Crippen LogP contribution in [-0.2, 0) is 6.42 Å². The summed E-state index contributed by atoms with van der Waals surface area (Å²) < 4.78 is 0. The highest BCUT2D eigenvalue weighted by Gasteiger charge is 2.12. The minimum absolute atomic E-state index is 0.0590. The van der Waals surface area contributed by atoms with Crippen LogP contribution in [0.1, 0.15) is 32.9 Å². The van der Waals surface area contributed by atoms with Crippen molar-refractivity contribution < 1.29 is 9.90 Å². The number of benzene rings is 2. The summed E-state index contributed by atoms with van der Waals surface area (Å²) in [7, 11) is 0. The highest BCUT2D eigenvalue weighted by Crippen LogP contribution is 2.28. The first kappa shape index (κ1) is 20.3. The fourth-order valence-electron chi connectivity index (χ4n) is 3.67. The summed E-state index contributed by atoms with van der Waals surface area (Å²) in [4.78, 5) is 19.7. The van der Waals surface area contributed by atoms with Gasteiger partial charge in [-0.05, 0) is 54.8 Å². The fraction of sp³-hybridized carbons (Fsp3) is 0.0833. The van der Waals surface area contributed by atoms with Crippen LogP contribution in [-0.4, -0.2) is 42.6 Å². The number of amides is 1. The van der Waals surface area contributed by atoms with E-state index in [1.165, 1.54) is 0 Å². The van der Waals surface area contributed by atoms with E-state index in [1.54, 1.807) is 24.5 Å². The SMILES string of the molecule is Cc1cc(C(=O)Nc2cccc(Cc3ccc4[nH]c(O)c(C=Nc5ccn[nH]5)c4c3)c2)n[nH]1. The Hall–Kier alpha value is -4.66. The summed E-state index contributed by atoms with van der Waals surface area (Å²) in [5.74, 6) is 0.398. The van der Waals surface area contributed by atoms with Gasteiger partial charge in [-0.2, -0.15) is 10.2 Å². The molecule has 2 aromatic carbocycles. The Kier molecular flexibility index (Phi) is 5.19. The molecule has 0 radical (unpaired) electrons. The molecule has 0 saturated carbocycles. The highest BCUT2D eigenvalue weighted by atomic mass is 16.3. The molecule has 0 spiro atoms. The fourth-order valence-corrected chi connectivity index (χ4v) is 3.67. The van der Waals surface area contributed by atoms with Crippen LogP contribution in [0.2, 0.25) is 0 Å². The van der Waals surface area contributed by atoms with Crippen molar-refractivity contribution in [2.45, 2.75) is 13.3 Å². The molecule has 0 aliphatic carbocycles. The van der Waals surface area contributed by atoms with Gasteiger partial charge in [-0.3, -0.25) is 15.0 Å². The molecule has 5 rings (SSSR count). The Morgan fingerprint density at radius 3 is 2.79 bits per heavy atom. The molecule has 33 heavy (non-hydrogen) atoms. The van der Waals surface area contributed by atoms with Crippen molar-refractivity contribution in [3.05, 3.63) is 88.9 Å². The minimum Gasteiger partial charge on any atom is -0.494 e. The van der Waals surface area contributed by atoms with E-state index in [4.69, 9.17) is 0 Å². The van der Waals surface area contributed by atoms with E-state index in [9.17, 15) is 9.90 Å². The first-order valence-electron chi connectivity index (χ1n) is 10.3. The average molecular weight is 439 g/mol. The van der Waals surface area contributed by atoms with Crippen molar-refractivity contribution in [3.8, 4) is 5.88 Å². The number of anilines is 1. The number of rotatable bonds is 6. The van der Waals surface area contributed by atoms with Crippen LogP contribution in [0, 0.1) is 6.92 Å². The van der Waals surface area contributed by atoms with Crippen LogP contribution in [0.4, 0.5) is 11.5 Å². The van der Waals surface area contributed by atoms with E-state index < -0.39 is 0 Å². The molecule has 0 fully saturated rings. The van der Waals surface area contributed by atoms with E-state index in [0.717, 1.165) is 27.7 Å². The Balaban J connectivity index is 1.37. The van der Waals surface area contributed by atoms with Gasteiger partial charge in [0, 0.05) is 34.6 Å². The van der Waals surface area contributed by atoms with Crippen molar-refractivity contribution in [1.29, 1.82) is 0 Å². The molecule has 5 N–H and O–H groups in total.